The molecule has 2 heterocycles. The Hall–Kier alpha value is -1.53. The first-order valence-corrected chi connectivity index (χ1v) is 5.94. The van der Waals surface area contributed by atoms with Crippen molar-refractivity contribution >= 4 is 5.91 Å². The fourth-order valence-corrected chi connectivity index (χ4v) is 1.99. The Morgan fingerprint density at radius 2 is 2.33 bits per heavy atom. The van der Waals surface area contributed by atoms with E-state index < -0.39 is 0 Å². The first kappa shape index (κ1) is 12.9. The summed E-state index contributed by atoms with van der Waals surface area (Å²) in [6, 6.07) is 1.45. The molecule has 0 spiro atoms. The van der Waals surface area contributed by atoms with Crippen molar-refractivity contribution in [3.05, 3.63) is 23.0 Å². The van der Waals surface area contributed by atoms with Crippen molar-refractivity contribution < 1.29 is 14.6 Å². The van der Waals surface area contributed by atoms with Crippen molar-refractivity contribution in [2.24, 2.45) is 0 Å². The van der Waals surface area contributed by atoms with E-state index in [9.17, 15) is 9.90 Å². The van der Waals surface area contributed by atoms with Gasteiger partial charge in [-0.3, -0.25) is 4.79 Å². The molecular formula is C12H17N3O3. The molecule has 18 heavy (non-hydrogen) atoms. The zero-order valence-corrected chi connectivity index (χ0v) is 10.6. The predicted molar refractivity (Wildman–Crippen MR) is 64.2 cm³/mol. The maximum atomic E-state index is 12.4. The molecule has 0 radical (unpaired) electrons. The number of aromatic nitrogens is 2. The molecular weight excluding hydrogens is 234 g/mol. The first-order chi connectivity index (χ1) is 8.63. The second-order valence-corrected chi connectivity index (χ2v) is 4.39. The van der Waals surface area contributed by atoms with Gasteiger partial charge in [-0.2, -0.15) is 10.2 Å². The van der Waals surface area contributed by atoms with Crippen LogP contribution in [0.15, 0.2) is 6.07 Å². The van der Waals surface area contributed by atoms with Crippen LogP contribution in [0, 0.1) is 13.8 Å². The van der Waals surface area contributed by atoms with Crippen LogP contribution < -0.4 is 0 Å². The highest BCUT2D eigenvalue weighted by molar-refractivity contribution is 5.95. The Morgan fingerprint density at radius 3 is 3.06 bits per heavy atom. The second-order valence-electron chi connectivity index (χ2n) is 4.39. The van der Waals surface area contributed by atoms with E-state index in [2.05, 4.69) is 10.2 Å². The zero-order valence-electron chi connectivity index (χ0n) is 10.6. The van der Waals surface area contributed by atoms with Gasteiger partial charge in [-0.25, -0.2) is 0 Å². The van der Waals surface area contributed by atoms with Gasteiger partial charge in [-0.1, -0.05) is 0 Å². The van der Waals surface area contributed by atoms with Gasteiger partial charge in [0.25, 0.3) is 5.91 Å². The van der Waals surface area contributed by atoms with Crippen LogP contribution in [0.5, 0.6) is 0 Å². The molecule has 0 aromatic carbocycles. The smallest absolute Gasteiger partial charge is 0.256 e. The lowest BCUT2D eigenvalue weighted by Crippen LogP contribution is -2.50. The number of amides is 1. The molecule has 6 heteroatoms. The summed E-state index contributed by atoms with van der Waals surface area (Å²) in [6.07, 6.45) is 0. The predicted octanol–water partition coefficient (Wildman–Crippen LogP) is -0.0733. The van der Waals surface area contributed by atoms with E-state index in [1.807, 2.05) is 0 Å². The third-order valence-electron chi connectivity index (χ3n) is 3.03. The topological polar surface area (TPSA) is 75.6 Å². The van der Waals surface area contributed by atoms with Crippen LogP contribution in [0.4, 0.5) is 0 Å². The molecule has 1 aliphatic heterocycles. The highest BCUT2D eigenvalue weighted by Crippen LogP contribution is 2.14. The van der Waals surface area contributed by atoms with E-state index >= 15 is 0 Å². The van der Waals surface area contributed by atoms with Gasteiger partial charge in [0.05, 0.1) is 42.8 Å². The Kier molecular flexibility index (Phi) is 3.88. The Bertz CT molecular complexity index is 450. The summed E-state index contributed by atoms with van der Waals surface area (Å²) in [6.45, 7) is 4.82. The first-order valence-electron chi connectivity index (χ1n) is 5.94. The number of rotatable bonds is 2. The van der Waals surface area contributed by atoms with E-state index in [1.165, 1.54) is 0 Å². The Balaban J connectivity index is 2.26. The average molecular weight is 251 g/mol. The molecule has 1 aromatic rings. The zero-order chi connectivity index (χ0) is 13.1. The lowest BCUT2D eigenvalue weighted by atomic mass is 10.1. The number of carbonyl (C=O) groups is 1. The van der Waals surface area contributed by atoms with Crippen molar-refractivity contribution in [2.45, 2.75) is 19.9 Å². The second kappa shape index (κ2) is 5.41. The summed E-state index contributed by atoms with van der Waals surface area (Å²) in [5.41, 5.74) is 1.86. The molecule has 1 fully saturated rings. The van der Waals surface area contributed by atoms with Crippen molar-refractivity contribution in [3.8, 4) is 0 Å². The van der Waals surface area contributed by atoms with Crippen LogP contribution in [0.3, 0.4) is 0 Å². The minimum Gasteiger partial charge on any atom is -0.394 e. The van der Waals surface area contributed by atoms with Gasteiger partial charge < -0.3 is 14.7 Å². The van der Waals surface area contributed by atoms with Gasteiger partial charge in [-0.15, -0.1) is 0 Å². The minimum absolute atomic E-state index is 0.0950. The fraction of sp³-hybridized carbons (Fsp3) is 0.583. The summed E-state index contributed by atoms with van der Waals surface area (Å²) in [7, 11) is 0. The van der Waals surface area contributed by atoms with E-state index in [1.54, 1.807) is 24.8 Å². The van der Waals surface area contributed by atoms with Gasteiger partial charge in [0, 0.05) is 6.54 Å². The Morgan fingerprint density at radius 1 is 1.56 bits per heavy atom. The highest BCUT2D eigenvalue weighted by Gasteiger charge is 2.28. The number of aliphatic hydroxyl groups is 1. The number of carbonyl (C=O) groups excluding carboxylic acids is 1. The quantitative estimate of drug-likeness (QED) is 0.796. The molecule has 1 atom stereocenters. The summed E-state index contributed by atoms with van der Waals surface area (Å²) in [5.74, 6) is -0.118. The van der Waals surface area contributed by atoms with Crippen LogP contribution in [-0.4, -0.2) is 58.5 Å². The molecule has 0 saturated carbocycles. The molecule has 1 saturated heterocycles. The molecule has 1 aliphatic rings. The third-order valence-corrected chi connectivity index (χ3v) is 3.03. The number of morpholine rings is 1. The molecule has 98 valence electrons. The number of nitrogens with zero attached hydrogens (tertiary/aromatic N) is 3. The van der Waals surface area contributed by atoms with Crippen molar-refractivity contribution in [3.63, 3.8) is 0 Å². The molecule has 1 N–H and O–H groups in total. The largest absolute Gasteiger partial charge is 0.394 e. The maximum absolute atomic E-state index is 12.4. The van der Waals surface area contributed by atoms with E-state index in [0.717, 1.165) is 0 Å². The summed E-state index contributed by atoms with van der Waals surface area (Å²) in [4.78, 5) is 14.1. The Labute approximate surface area is 106 Å². The molecule has 1 unspecified atom stereocenters. The standard InChI is InChI=1S/C12H17N3O3/c1-8-5-11(9(2)14-13-8)12(17)15-3-4-18-7-10(15)6-16/h5,10,16H,3-4,6-7H2,1-2H3. The lowest BCUT2D eigenvalue weighted by Gasteiger charge is -2.34. The van der Waals surface area contributed by atoms with Crippen LogP contribution in [0.25, 0.3) is 0 Å². The van der Waals surface area contributed by atoms with Crippen LogP contribution in [0.2, 0.25) is 0 Å². The molecule has 2 rings (SSSR count). The molecule has 0 aliphatic carbocycles. The fourth-order valence-electron chi connectivity index (χ4n) is 1.99. The summed E-state index contributed by atoms with van der Waals surface area (Å²) >= 11 is 0. The molecule has 0 bridgehead atoms. The van der Waals surface area contributed by atoms with Crippen molar-refractivity contribution in [1.82, 2.24) is 15.1 Å². The third kappa shape index (κ3) is 2.49. The number of aliphatic hydroxyl groups excluding tert-OH is 1. The van der Waals surface area contributed by atoms with E-state index in [0.29, 0.717) is 36.7 Å². The number of hydrogen-bond acceptors (Lipinski definition) is 5. The van der Waals surface area contributed by atoms with Crippen LogP contribution in [0.1, 0.15) is 21.7 Å². The van der Waals surface area contributed by atoms with Gasteiger partial charge in [0.15, 0.2) is 0 Å². The average Bonchev–Trinajstić information content (AvgIpc) is 2.40. The molecule has 6 nitrogen and oxygen atoms in total. The monoisotopic (exact) mass is 251 g/mol. The minimum atomic E-state index is -0.279. The van der Waals surface area contributed by atoms with Crippen molar-refractivity contribution in [2.75, 3.05) is 26.4 Å². The van der Waals surface area contributed by atoms with Gasteiger partial charge in [0.2, 0.25) is 0 Å². The summed E-state index contributed by atoms with van der Waals surface area (Å²) < 4.78 is 5.26. The molecule has 1 aromatic heterocycles. The lowest BCUT2D eigenvalue weighted by molar-refractivity contribution is -0.0184. The van der Waals surface area contributed by atoms with Gasteiger partial charge >= 0.3 is 0 Å². The number of ether oxygens (including phenoxy) is 1. The number of hydrogen-bond donors (Lipinski definition) is 1. The van der Waals surface area contributed by atoms with Crippen LogP contribution >= 0.6 is 0 Å². The number of aryl methyl sites for hydroxylation is 2. The van der Waals surface area contributed by atoms with Gasteiger partial charge in [-0.05, 0) is 19.9 Å². The SMILES string of the molecule is Cc1cc(C(=O)N2CCOCC2CO)c(C)nn1. The normalized spacial score (nSPS) is 19.9. The molecule has 1 amide bonds. The van der Waals surface area contributed by atoms with E-state index in [-0.39, 0.29) is 18.6 Å². The van der Waals surface area contributed by atoms with Crippen LogP contribution in [-0.2, 0) is 4.74 Å². The van der Waals surface area contributed by atoms with Crippen molar-refractivity contribution in [1.29, 1.82) is 0 Å². The van der Waals surface area contributed by atoms with Gasteiger partial charge in [0.1, 0.15) is 0 Å². The van der Waals surface area contributed by atoms with E-state index in [4.69, 9.17) is 4.74 Å². The maximum Gasteiger partial charge on any atom is 0.256 e. The summed E-state index contributed by atoms with van der Waals surface area (Å²) in [5, 5.41) is 17.1. The highest BCUT2D eigenvalue weighted by atomic mass is 16.5.